The van der Waals surface area contributed by atoms with Crippen molar-refractivity contribution in [3.05, 3.63) is 35.3 Å². The Morgan fingerprint density at radius 3 is 2.41 bits per heavy atom. The monoisotopic (exact) mass is 316 g/mol. The number of aromatic amines is 1. The average Bonchev–Trinajstić information content (AvgIpc) is 3.16. The Labute approximate surface area is 132 Å². The molecular weight excluding hydrogens is 300 g/mol. The minimum absolute atomic E-state index is 0.0180. The summed E-state index contributed by atoms with van der Waals surface area (Å²) in [5.41, 5.74) is 2.71. The first-order valence-corrected chi connectivity index (χ1v) is 7.58. The molecule has 2 heterocycles. The summed E-state index contributed by atoms with van der Waals surface area (Å²) in [7, 11) is 3.01. The van der Waals surface area contributed by atoms with Gasteiger partial charge in [0.15, 0.2) is 11.5 Å². The summed E-state index contributed by atoms with van der Waals surface area (Å²) in [5.74, 6) is 1.38. The van der Waals surface area contributed by atoms with Gasteiger partial charge in [0.1, 0.15) is 5.82 Å². The minimum Gasteiger partial charge on any atom is -0.502 e. The summed E-state index contributed by atoms with van der Waals surface area (Å²) in [6.07, 6.45) is 0. The Morgan fingerprint density at radius 2 is 1.86 bits per heavy atom. The van der Waals surface area contributed by atoms with E-state index in [0.717, 1.165) is 21.8 Å². The molecule has 2 N–H and O–H groups in total. The number of nitrogens with zero attached hydrogens (tertiary/aromatic N) is 1. The van der Waals surface area contributed by atoms with Gasteiger partial charge in [-0.25, -0.2) is 4.98 Å². The molecule has 0 aliphatic heterocycles. The molecule has 0 saturated carbocycles. The number of imidazole rings is 1. The van der Waals surface area contributed by atoms with Gasteiger partial charge in [0.2, 0.25) is 5.75 Å². The molecule has 0 bridgehead atoms. The maximum absolute atomic E-state index is 9.99. The molecule has 2 aromatic heterocycles. The van der Waals surface area contributed by atoms with E-state index in [1.54, 1.807) is 23.5 Å². The molecule has 0 saturated heterocycles. The average molecular weight is 316 g/mol. The van der Waals surface area contributed by atoms with Crippen LogP contribution in [0.2, 0.25) is 0 Å². The van der Waals surface area contributed by atoms with Crippen molar-refractivity contribution in [1.82, 2.24) is 9.97 Å². The summed E-state index contributed by atoms with van der Waals surface area (Å²) in [6, 6.07) is 7.52. The maximum atomic E-state index is 9.99. The number of phenols is 1. The first-order chi connectivity index (χ1) is 10.6. The fourth-order valence-corrected chi connectivity index (χ4v) is 3.07. The standard InChI is InChI=1S/C16H16N2O3S/c1-9-14(13-5-4-6-22-13)18-16(17-9)10-7-11(20-2)15(19)12(8-10)21-3/h4-8,19H,1-3H3,(H,17,18). The first kappa shape index (κ1) is 14.5. The number of aromatic nitrogens is 2. The van der Waals surface area contributed by atoms with Gasteiger partial charge >= 0.3 is 0 Å². The molecular formula is C16H16N2O3S. The van der Waals surface area contributed by atoms with E-state index in [1.165, 1.54) is 14.2 Å². The Hall–Kier alpha value is -2.47. The molecule has 114 valence electrons. The summed E-state index contributed by atoms with van der Waals surface area (Å²) < 4.78 is 10.4. The number of aromatic hydroxyl groups is 1. The van der Waals surface area contributed by atoms with Crippen molar-refractivity contribution in [2.75, 3.05) is 14.2 Å². The Kier molecular flexibility index (Phi) is 3.77. The minimum atomic E-state index is -0.0180. The number of phenolic OH excluding ortho intramolecular Hbond substituents is 1. The number of hydrogen-bond donors (Lipinski definition) is 2. The third-order valence-corrected chi connectivity index (χ3v) is 4.29. The Morgan fingerprint density at radius 1 is 1.18 bits per heavy atom. The van der Waals surface area contributed by atoms with E-state index in [4.69, 9.17) is 9.47 Å². The van der Waals surface area contributed by atoms with Gasteiger partial charge in [-0.05, 0) is 30.5 Å². The van der Waals surface area contributed by atoms with Crippen LogP contribution in [0.4, 0.5) is 0 Å². The highest BCUT2D eigenvalue weighted by Crippen LogP contribution is 2.40. The number of aryl methyl sites for hydroxylation is 1. The van der Waals surface area contributed by atoms with Crippen molar-refractivity contribution < 1.29 is 14.6 Å². The highest BCUT2D eigenvalue weighted by molar-refractivity contribution is 7.13. The number of hydrogen-bond acceptors (Lipinski definition) is 5. The summed E-state index contributed by atoms with van der Waals surface area (Å²) in [5, 5.41) is 12.0. The predicted octanol–water partition coefficient (Wildman–Crippen LogP) is 3.84. The van der Waals surface area contributed by atoms with Gasteiger partial charge in [0, 0.05) is 5.56 Å². The van der Waals surface area contributed by atoms with Crippen molar-refractivity contribution >= 4 is 11.3 Å². The molecule has 5 nitrogen and oxygen atoms in total. The third kappa shape index (κ3) is 2.42. The van der Waals surface area contributed by atoms with Crippen LogP contribution in [0.15, 0.2) is 29.6 Å². The number of nitrogens with one attached hydrogen (secondary N) is 1. The van der Waals surface area contributed by atoms with Crippen LogP contribution in [0.5, 0.6) is 17.2 Å². The van der Waals surface area contributed by atoms with Gasteiger partial charge in [-0.1, -0.05) is 6.07 Å². The summed E-state index contributed by atoms with van der Waals surface area (Å²) in [6.45, 7) is 1.96. The van der Waals surface area contributed by atoms with Gasteiger partial charge in [-0.3, -0.25) is 0 Å². The first-order valence-electron chi connectivity index (χ1n) is 6.70. The van der Waals surface area contributed by atoms with Crippen LogP contribution in [-0.2, 0) is 0 Å². The van der Waals surface area contributed by atoms with Crippen LogP contribution in [0.1, 0.15) is 5.69 Å². The van der Waals surface area contributed by atoms with Crippen LogP contribution in [0.3, 0.4) is 0 Å². The lowest BCUT2D eigenvalue weighted by atomic mass is 10.1. The Bertz CT molecular complexity index is 769. The molecule has 3 rings (SSSR count). The molecule has 1 aromatic carbocycles. The van der Waals surface area contributed by atoms with Crippen molar-refractivity contribution in [3.8, 4) is 39.2 Å². The lowest BCUT2D eigenvalue weighted by Gasteiger charge is -2.10. The van der Waals surface area contributed by atoms with Gasteiger partial charge in [0.05, 0.1) is 30.5 Å². The lowest BCUT2D eigenvalue weighted by molar-refractivity contribution is 0.340. The van der Waals surface area contributed by atoms with E-state index >= 15 is 0 Å². The number of benzene rings is 1. The topological polar surface area (TPSA) is 67.4 Å². The predicted molar refractivity (Wildman–Crippen MR) is 86.8 cm³/mol. The Balaban J connectivity index is 2.10. The molecule has 0 spiro atoms. The second-order valence-corrected chi connectivity index (χ2v) is 5.70. The molecule has 0 unspecified atom stereocenters. The molecule has 22 heavy (non-hydrogen) atoms. The molecule has 0 aliphatic carbocycles. The van der Waals surface area contributed by atoms with Crippen molar-refractivity contribution in [2.24, 2.45) is 0 Å². The third-order valence-electron chi connectivity index (χ3n) is 3.41. The highest BCUT2D eigenvalue weighted by atomic mass is 32.1. The molecule has 6 heteroatoms. The molecule has 0 aliphatic rings. The summed E-state index contributed by atoms with van der Waals surface area (Å²) in [4.78, 5) is 9.04. The van der Waals surface area contributed by atoms with Gasteiger partial charge in [0.25, 0.3) is 0 Å². The van der Waals surface area contributed by atoms with E-state index in [0.29, 0.717) is 17.3 Å². The fourth-order valence-electron chi connectivity index (χ4n) is 2.29. The largest absolute Gasteiger partial charge is 0.502 e. The number of methoxy groups -OCH3 is 2. The van der Waals surface area contributed by atoms with Crippen LogP contribution in [0.25, 0.3) is 22.0 Å². The number of rotatable bonds is 4. The smallest absolute Gasteiger partial charge is 0.200 e. The number of thiophene rings is 1. The quantitative estimate of drug-likeness (QED) is 0.767. The molecule has 0 atom stereocenters. The normalized spacial score (nSPS) is 10.7. The second-order valence-electron chi connectivity index (χ2n) is 4.75. The second kappa shape index (κ2) is 5.73. The zero-order valence-corrected chi connectivity index (χ0v) is 13.3. The highest BCUT2D eigenvalue weighted by Gasteiger charge is 2.16. The van der Waals surface area contributed by atoms with Crippen molar-refractivity contribution in [2.45, 2.75) is 6.92 Å². The van der Waals surface area contributed by atoms with E-state index < -0.39 is 0 Å². The maximum Gasteiger partial charge on any atom is 0.200 e. The van der Waals surface area contributed by atoms with Crippen molar-refractivity contribution in [1.29, 1.82) is 0 Å². The fraction of sp³-hybridized carbons (Fsp3) is 0.188. The molecule has 0 amide bonds. The van der Waals surface area contributed by atoms with Crippen LogP contribution in [0, 0.1) is 6.92 Å². The van der Waals surface area contributed by atoms with E-state index in [1.807, 2.05) is 24.4 Å². The number of ether oxygens (including phenoxy) is 2. The molecule has 0 fully saturated rings. The van der Waals surface area contributed by atoms with Crippen LogP contribution < -0.4 is 9.47 Å². The zero-order valence-electron chi connectivity index (χ0n) is 12.5. The van der Waals surface area contributed by atoms with E-state index in [9.17, 15) is 5.11 Å². The van der Waals surface area contributed by atoms with E-state index in [2.05, 4.69) is 9.97 Å². The van der Waals surface area contributed by atoms with Crippen molar-refractivity contribution in [3.63, 3.8) is 0 Å². The zero-order chi connectivity index (χ0) is 15.7. The van der Waals surface area contributed by atoms with Crippen LogP contribution in [-0.4, -0.2) is 29.3 Å². The van der Waals surface area contributed by atoms with Gasteiger partial charge in [-0.2, -0.15) is 0 Å². The summed E-state index contributed by atoms with van der Waals surface area (Å²) >= 11 is 1.66. The SMILES string of the molecule is COc1cc(-c2nc(C)c(-c3cccs3)[nH]2)cc(OC)c1O. The molecule has 0 radical (unpaired) electrons. The number of H-pyrrole nitrogens is 1. The van der Waals surface area contributed by atoms with E-state index in [-0.39, 0.29) is 5.75 Å². The lowest BCUT2D eigenvalue weighted by Crippen LogP contribution is -1.91. The van der Waals surface area contributed by atoms with Crippen LogP contribution >= 0.6 is 11.3 Å². The van der Waals surface area contributed by atoms with Gasteiger partial charge in [-0.15, -0.1) is 11.3 Å². The van der Waals surface area contributed by atoms with Gasteiger partial charge < -0.3 is 19.6 Å². The molecule has 3 aromatic rings.